The quantitative estimate of drug-likeness (QED) is 0.0239. The number of nitrogens with two attached hydrogens (primary N) is 1. The smallest absolute Gasteiger partial charge is 0.472 e. The molecule has 0 aromatic carbocycles. The SMILES string of the molecule is CC/C=C\C/C=C\C/C=C\C/C=C\C/C=C\C/C=C\CCC(=O)OC(COCCCCCCCCCCCCCCC)COP(=O)(O)OCC(N)C(=O)O. The minimum absolute atomic E-state index is 0.0153. The summed E-state index contributed by atoms with van der Waals surface area (Å²) in [5.74, 6) is -1.87. The number of hydrogen-bond acceptors (Lipinski definition) is 8. The number of allylic oxidation sites excluding steroid dienone is 12. The van der Waals surface area contributed by atoms with Crippen molar-refractivity contribution in [3.8, 4) is 0 Å². The molecule has 0 bridgehead atoms. The number of phosphoric acid groups is 1. The predicted molar refractivity (Wildman–Crippen MR) is 221 cm³/mol. The van der Waals surface area contributed by atoms with E-state index in [4.69, 9.17) is 24.8 Å². The Hall–Kier alpha value is -2.59. The van der Waals surface area contributed by atoms with Gasteiger partial charge in [-0.15, -0.1) is 0 Å². The second kappa shape index (κ2) is 38.7. The number of rotatable bonds is 38. The maximum absolute atomic E-state index is 12.6. The molecular formula is C43H74NO9P. The molecule has 0 saturated heterocycles. The minimum Gasteiger partial charge on any atom is -0.480 e. The lowest BCUT2D eigenvalue weighted by Gasteiger charge is -2.20. The van der Waals surface area contributed by atoms with Crippen LogP contribution >= 0.6 is 7.82 Å². The van der Waals surface area contributed by atoms with Crippen LogP contribution < -0.4 is 5.73 Å². The Labute approximate surface area is 327 Å². The lowest BCUT2D eigenvalue weighted by atomic mass is 10.0. The topological polar surface area (TPSA) is 155 Å². The summed E-state index contributed by atoms with van der Waals surface area (Å²) >= 11 is 0. The Morgan fingerprint density at radius 2 is 1.04 bits per heavy atom. The second-order valence-corrected chi connectivity index (χ2v) is 14.8. The van der Waals surface area contributed by atoms with Gasteiger partial charge in [0.25, 0.3) is 0 Å². The highest BCUT2D eigenvalue weighted by Crippen LogP contribution is 2.43. The van der Waals surface area contributed by atoms with Crippen molar-refractivity contribution in [3.05, 3.63) is 72.9 Å². The van der Waals surface area contributed by atoms with Gasteiger partial charge in [-0.25, -0.2) is 4.57 Å². The van der Waals surface area contributed by atoms with Crippen molar-refractivity contribution in [1.29, 1.82) is 0 Å². The predicted octanol–water partition coefficient (Wildman–Crippen LogP) is 11.0. The average molecular weight is 780 g/mol. The van der Waals surface area contributed by atoms with E-state index in [-0.39, 0.29) is 13.0 Å². The molecule has 0 aromatic heterocycles. The summed E-state index contributed by atoms with van der Waals surface area (Å²) in [7, 11) is -4.63. The zero-order valence-corrected chi connectivity index (χ0v) is 34.4. The molecule has 310 valence electrons. The number of carboxylic acid groups (broad SMARTS) is 1. The van der Waals surface area contributed by atoms with Crippen LogP contribution in [0.1, 0.15) is 149 Å². The van der Waals surface area contributed by atoms with Crippen LogP contribution in [0.5, 0.6) is 0 Å². The van der Waals surface area contributed by atoms with Crippen molar-refractivity contribution in [1.82, 2.24) is 0 Å². The summed E-state index contributed by atoms with van der Waals surface area (Å²) < 4.78 is 33.2. The molecular weight excluding hydrogens is 705 g/mol. The summed E-state index contributed by atoms with van der Waals surface area (Å²) in [6.07, 6.45) is 46.8. The molecule has 54 heavy (non-hydrogen) atoms. The van der Waals surface area contributed by atoms with Crippen LogP contribution in [0.2, 0.25) is 0 Å². The van der Waals surface area contributed by atoms with Crippen LogP contribution in [0.4, 0.5) is 0 Å². The zero-order valence-electron chi connectivity index (χ0n) is 33.5. The van der Waals surface area contributed by atoms with E-state index in [1.807, 2.05) is 12.2 Å². The Kier molecular flexibility index (Phi) is 36.8. The summed E-state index contributed by atoms with van der Waals surface area (Å²) in [5.41, 5.74) is 5.34. The molecule has 0 aliphatic heterocycles. The molecule has 3 unspecified atom stereocenters. The van der Waals surface area contributed by atoms with Gasteiger partial charge in [-0.1, -0.05) is 164 Å². The fourth-order valence-corrected chi connectivity index (χ4v) is 5.88. The van der Waals surface area contributed by atoms with Gasteiger partial charge in [-0.3, -0.25) is 18.6 Å². The van der Waals surface area contributed by atoms with Gasteiger partial charge in [0.15, 0.2) is 0 Å². The first-order valence-corrected chi connectivity index (χ1v) is 22.0. The first-order valence-electron chi connectivity index (χ1n) is 20.5. The van der Waals surface area contributed by atoms with Crippen LogP contribution in [0.25, 0.3) is 0 Å². The molecule has 0 saturated carbocycles. The number of carboxylic acids is 1. The summed E-state index contributed by atoms with van der Waals surface area (Å²) in [4.78, 5) is 33.4. The van der Waals surface area contributed by atoms with Crippen LogP contribution in [-0.4, -0.2) is 60.5 Å². The molecule has 10 nitrogen and oxygen atoms in total. The second-order valence-electron chi connectivity index (χ2n) is 13.4. The van der Waals surface area contributed by atoms with E-state index in [1.54, 1.807) is 0 Å². The van der Waals surface area contributed by atoms with Crippen LogP contribution in [0.15, 0.2) is 72.9 Å². The summed E-state index contributed by atoms with van der Waals surface area (Å²) in [6, 6.07) is -1.49. The summed E-state index contributed by atoms with van der Waals surface area (Å²) in [6.45, 7) is 3.66. The third kappa shape index (κ3) is 37.7. The number of hydrogen-bond donors (Lipinski definition) is 3. The Balaban J connectivity index is 4.42. The molecule has 0 spiro atoms. The van der Waals surface area contributed by atoms with Crippen molar-refractivity contribution in [2.75, 3.05) is 26.4 Å². The number of carbonyl (C=O) groups excluding carboxylic acids is 1. The van der Waals surface area contributed by atoms with E-state index < -0.39 is 45.1 Å². The standard InChI is InChI=1S/C43H74NO9P/c1-3-5-7-9-11-13-15-17-18-19-20-21-22-23-25-27-29-31-33-35-42(45)53-40(38-51-54(48,49)52-39-41(44)43(46)47)37-50-36-34-32-30-28-26-24-16-14-12-10-8-6-4-2/h5,7,11,13,17-18,20-21,23,25,29,31,40-41H,3-4,6,8-10,12,14-16,19,22,24,26-28,30,32-39,44H2,1-2H3,(H,46,47)(H,48,49)/b7-5-,13-11-,18-17-,21-20-,25-23-,31-29-. The van der Waals surface area contributed by atoms with Crippen LogP contribution in [-0.2, 0) is 32.7 Å². The number of carbonyl (C=O) groups is 2. The zero-order chi connectivity index (χ0) is 39.8. The first-order chi connectivity index (χ1) is 26.2. The molecule has 0 heterocycles. The third-order valence-corrected chi connectivity index (χ3v) is 9.21. The molecule has 0 radical (unpaired) electrons. The van der Waals surface area contributed by atoms with E-state index in [9.17, 15) is 19.0 Å². The fourth-order valence-electron chi connectivity index (χ4n) is 5.10. The van der Waals surface area contributed by atoms with Gasteiger partial charge in [0.1, 0.15) is 12.1 Å². The number of phosphoric ester groups is 1. The molecule has 3 atom stereocenters. The van der Waals surface area contributed by atoms with Gasteiger partial charge in [-0.2, -0.15) is 0 Å². The van der Waals surface area contributed by atoms with E-state index >= 15 is 0 Å². The minimum atomic E-state index is -4.63. The van der Waals surface area contributed by atoms with Crippen LogP contribution in [0.3, 0.4) is 0 Å². The van der Waals surface area contributed by atoms with Gasteiger partial charge >= 0.3 is 19.8 Å². The number of unbranched alkanes of at least 4 members (excludes halogenated alkanes) is 12. The molecule has 0 amide bonds. The van der Waals surface area contributed by atoms with Gasteiger partial charge in [-0.05, 0) is 51.4 Å². The van der Waals surface area contributed by atoms with Gasteiger partial charge in [0, 0.05) is 13.0 Å². The maximum Gasteiger partial charge on any atom is 0.472 e. The largest absolute Gasteiger partial charge is 0.480 e. The molecule has 0 aliphatic rings. The first kappa shape index (κ1) is 51.4. The van der Waals surface area contributed by atoms with E-state index in [1.165, 1.54) is 64.2 Å². The lowest BCUT2D eigenvalue weighted by molar-refractivity contribution is -0.154. The van der Waals surface area contributed by atoms with Crippen molar-refractivity contribution < 1.29 is 42.7 Å². The maximum atomic E-state index is 12.6. The molecule has 0 aliphatic carbocycles. The Morgan fingerprint density at radius 3 is 1.50 bits per heavy atom. The van der Waals surface area contributed by atoms with Crippen molar-refractivity contribution >= 4 is 19.8 Å². The highest BCUT2D eigenvalue weighted by Gasteiger charge is 2.27. The Morgan fingerprint density at radius 1 is 0.611 bits per heavy atom. The molecule has 0 aromatic rings. The van der Waals surface area contributed by atoms with E-state index in [0.717, 1.165) is 57.8 Å². The monoisotopic (exact) mass is 780 g/mol. The van der Waals surface area contributed by atoms with Crippen LogP contribution in [0, 0.1) is 0 Å². The van der Waals surface area contributed by atoms with Gasteiger partial charge in [0.05, 0.1) is 19.8 Å². The van der Waals surface area contributed by atoms with Gasteiger partial charge in [0.2, 0.25) is 0 Å². The molecule has 4 N–H and O–H groups in total. The van der Waals surface area contributed by atoms with E-state index in [0.29, 0.717) is 13.0 Å². The highest BCUT2D eigenvalue weighted by molar-refractivity contribution is 7.47. The third-order valence-electron chi connectivity index (χ3n) is 8.26. The number of ether oxygens (including phenoxy) is 2. The Bertz CT molecular complexity index is 1130. The van der Waals surface area contributed by atoms with Crippen molar-refractivity contribution in [2.45, 2.75) is 161 Å². The molecule has 0 fully saturated rings. The average Bonchev–Trinajstić information content (AvgIpc) is 3.15. The lowest BCUT2D eigenvalue weighted by Crippen LogP contribution is -2.34. The molecule has 11 heteroatoms. The van der Waals surface area contributed by atoms with E-state index in [2.05, 4.69) is 79.1 Å². The molecule has 0 rings (SSSR count). The summed E-state index contributed by atoms with van der Waals surface area (Å²) in [5, 5.41) is 8.88. The number of aliphatic carboxylic acids is 1. The normalized spacial score (nSPS) is 14.7. The number of esters is 1. The van der Waals surface area contributed by atoms with Crippen molar-refractivity contribution in [2.24, 2.45) is 5.73 Å². The fraction of sp³-hybridized carbons (Fsp3) is 0.674. The van der Waals surface area contributed by atoms with Crippen molar-refractivity contribution in [3.63, 3.8) is 0 Å². The highest BCUT2D eigenvalue weighted by atomic mass is 31.2. The van der Waals surface area contributed by atoms with Gasteiger partial charge < -0.3 is 25.2 Å².